The van der Waals surface area contributed by atoms with Gasteiger partial charge in [-0.05, 0) is 64.4 Å². The summed E-state index contributed by atoms with van der Waals surface area (Å²) in [5, 5.41) is 11.8. The summed E-state index contributed by atoms with van der Waals surface area (Å²) in [4.78, 5) is 36.0. The summed E-state index contributed by atoms with van der Waals surface area (Å²) < 4.78 is 1.00. The molecule has 0 unspecified atom stereocenters. The van der Waals surface area contributed by atoms with Gasteiger partial charge in [0.1, 0.15) is 5.57 Å². The van der Waals surface area contributed by atoms with Crippen molar-refractivity contribution in [3.8, 4) is 0 Å². The van der Waals surface area contributed by atoms with E-state index in [1.807, 2.05) is 12.1 Å². The lowest BCUT2D eigenvalue weighted by Crippen LogP contribution is -2.35. The summed E-state index contributed by atoms with van der Waals surface area (Å²) in [7, 11) is 0. The number of carbonyl (C=O) groups is 3. The van der Waals surface area contributed by atoms with Crippen LogP contribution in [0.4, 0.5) is 5.69 Å². The van der Waals surface area contributed by atoms with Crippen LogP contribution in [-0.2, 0) is 9.59 Å². The number of nitrogens with one attached hydrogen (secondary N) is 1. The van der Waals surface area contributed by atoms with Gasteiger partial charge in [-0.25, -0.2) is 9.80 Å². The van der Waals surface area contributed by atoms with Crippen LogP contribution in [0.25, 0.3) is 6.08 Å². The van der Waals surface area contributed by atoms with E-state index in [-0.39, 0.29) is 11.1 Å². The van der Waals surface area contributed by atoms with E-state index in [1.165, 1.54) is 12.1 Å². The van der Waals surface area contributed by atoms with E-state index in [9.17, 15) is 14.4 Å². The predicted octanol–water partition coefficient (Wildman–Crippen LogP) is 2.51. The summed E-state index contributed by atoms with van der Waals surface area (Å²) in [6, 6.07) is 8.51. The van der Waals surface area contributed by atoms with Crippen molar-refractivity contribution in [1.82, 2.24) is 5.43 Å². The van der Waals surface area contributed by atoms with Gasteiger partial charge in [-0.2, -0.15) is 0 Å². The molecule has 0 radical (unpaired) electrons. The summed E-state index contributed by atoms with van der Waals surface area (Å²) in [6.45, 7) is 0. The van der Waals surface area contributed by atoms with Crippen molar-refractivity contribution in [2.45, 2.75) is 0 Å². The van der Waals surface area contributed by atoms with Crippen LogP contribution in [0.3, 0.4) is 0 Å². The first-order chi connectivity index (χ1) is 11.0. The van der Waals surface area contributed by atoms with Gasteiger partial charge in [0.25, 0.3) is 11.8 Å². The van der Waals surface area contributed by atoms with E-state index in [0.29, 0.717) is 10.6 Å². The predicted molar refractivity (Wildman–Crippen MR) is 94.0 cm³/mol. The zero-order valence-corrected chi connectivity index (χ0v) is 14.4. The Kier molecular flexibility index (Phi) is 4.18. The van der Waals surface area contributed by atoms with E-state index >= 15 is 0 Å². The number of rotatable bonds is 3. The fourth-order valence-corrected chi connectivity index (χ4v) is 3.25. The topological polar surface area (TPSA) is 86.7 Å². The minimum Gasteiger partial charge on any atom is -0.478 e. The molecule has 1 aliphatic rings. The first-order valence-corrected chi connectivity index (χ1v) is 8.36. The zero-order valence-electron chi connectivity index (χ0n) is 11.4. The molecule has 1 aromatic heterocycles. The van der Waals surface area contributed by atoms with Crippen LogP contribution in [0.1, 0.15) is 15.2 Å². The molecule has 1 fully saturated rings. The Morgan fingerprint density at radius 1 is 1.22 bits per heavy atom. The van der Waals surface area contributed by atoms with Crippen molar-refractivity contribution < 1.29 is 19.5 Å². The quantitative estimate of drug-likeness (QED) is 0.437. The van der Waals surface area contributed by atoms with Crippen molar-refractivity contribution >= 4 is 63.5 Å². The third kappa shape index (κ3) is 2.99. The maximum absolute atomic E-state index is 12.4. The zero-order chi connectivity index (χ0) is 16.6. The van der Waals surface area contributed by atoms with E-state index in [1.54, 1.807) is 17.5 Å². The molecular formula is C15H9IN2O4S. The lowest BCUT2D eigenvalue weighted by molar-refractivity contribution is -0.117. The number of thiophene rings is 1. The van der Waals surface area contributed by atoms with Crippen molar-refractivity contribution in [3.05, 3.63) is 55.3 Å². The fraction of sp³-hybridized carbons (Fsp3) is 0. The van der Waals surface area contributed by atoms with E-state index in [0.717, 1.165) is 19.9 Å². The number of halogens is 1. The molecule has 0 bridgehead atoms. The van der Waals surface area contributed by atoms with Crippen LogP contribution in [0.2, 0.25) is 0 Å². The molecule has 2 amide bonds. The Bertz CT molecular complexity index is 841. The third-order valence-electron chi connectivity index (χ3n) is 3.18. The summed E-state index contributed by atoms with van der Waals surface area (Å²) in [5.74, 6) is -2.17. The third-order valence-corrected chi connectivity index (χ3v) is 4.76. The molecule has 0 aliphatic carbocycles. The molecule has 2 N–H and O–H groups in total. The Balaban J connectivity index is 1.95. The molecule has 0 saturated carbocycles. The second kappa shape index (κ2) is 6.13. The molecule has 2 aromatic rings. The second-order valence-corrected chi connectivity index (χ2v) is 6.81. The van der Waals surface area contributed by atoms with Crippen molar-refractivity contribution in [1.29, 1.82) is 0 Å². The normalized spacial score (nSPS) is 16.0. The molecule has 1 aliphatic heterocycles. The fourth-order valence-electron chi connectivity index (χ4n) is 2.07. The standard InChI is InChI=1S/C15H9IN2O4S/c16-8-1-3-9(4-2-8)18-14(20)11(13(19)17-18)7-12-10(15(21)22)5-6-23-12/h1-7H,(H,17,19)(H,21,22)/b11-7+. The highest BCUT2D eigenvalue weighted by Crippen LogP contribution is 2.25. The Hall–Kier alpha value is -2.20. The second-order valence-electron chi connectivity index (χ2n) is 4.62. The average Bonchev–Trinajstić information content (AvgIpc) is 3.08. The van der Waals surface area contributed by atoms with Gasteiger partial charge in [0.2, 0.25) is 0 Å². The van der Waals surface area contributed by atoms with Gasteiger partial charge in [-0.1, -0.05) is 0 Å². The summed E-state index contributed by atoms with van der Waals surface area (Å²) >= 11 is 3.30. The SMILES string of the molecule is O=C1NN(c2ccc(I)cc2)C(=O)/C1=C/c1sccc1C(=O)O. The molecule has 3 rings (SSSR count). The molecule has 0 spiro atoms. The number of carbonyl (C=O) groups excluding carboxylic acids is 2. The average molecular weight is 440 g/mol. The highest BCUT2D eigenvalue weighted by Gasteiger charge is 2.34. The number of benzene rings is 1. The molecule has 23 heavy (non-hydrogen) atoms. The number of aromatic carboxylic acids is 1. The molecule has 6 nitrogen and oxygen atoms in total. The number of hydrazine groups is 1. The monoisotopic (exact) mass is 440 g/mol. The lowest BCUT2D eigenvalue weighted by Gasteiger charge is -2.14. The summed E-state index contributed by atoms with van der Waals surface area (Å²) in [5.41, 5.74) is 3.00. The van der Waals surface area contributed by atoms with E-state index < -0.39 is 17.8 Å². The number of nitrogens with zero attached hydrogens (tertiary/aromatic N) is 1. The number of hydrogen-bond donors (Lipinski definition) is 2. The molecule has 0 atom stereocenters. The van der Waals surface area contributed by atoms with Crippen LogP contribution in [-0.4, -0.2) is 22.9 Å². The van der Waals surface area contributed by atoms with Gasteiger partial charge < -0.3 is 5.11 Å². The van der Waals surface area contributed by atoms with Gasteiger partial charge in [-0.3, -0.25) is 15.0 Å². The molecule has 2 heterocycles. The maximum Gasteiger partial charge on any atom is 0.337 e. The van der Waals surface area contributed by atoms with Gasteiger partial charge in [0, 0.05) is 8.45 Å². The highest BCUT2D eigenvalue weighted by molar-refractivity contribution is 14.1. The number of carboxylic acid groups (broad SMARTS) is 1. The molecular weight excluding hydrogens is 431 g/mol. The first kappa shape index (κ1) is 15.7. The molecule has 1 saturated heterocycles. The largest absolute Gasteiger partial charge is 0.478 e. The maximum atomic E-state index is 12.4. The first-order valence-electron chi connectivity index (χ1n) is 6.41. The molecule has 116 valence electrons. The van der Waals surface area contributed by atoms with Crippen LogP contribution in [0.5, 0.6) is 0 Å². The number of anilines is 1. The number of carboxylic acids is 1. The van der Waals surface area contributed by atoms with Crippen LogP contribution in [0.15, 0.2) is 41.3 Å². The van der Waals surface area contributed by atoms with E-state index in [2.05, 4.69) is 28.0 Å². The van der Waals surface area contributed by atoms with Crippen molar-refractivity contribution in [2.24, 2.45) is 0 Å². The summed E-state index contributed by atoms with van der Waals surface area (Å²) in [6.07, 6.45) is 1.32. The van der Waals surface area contributed by atoms with E-state index in [4.69, 9.17) is 5.11 Å². The number of amides is 2. The van der Waals surface area contributed by atoms with Crippen LogP contribution >= 0.6 is 33.9 Å². The minimum absolute atomic E-state index is 0.0656. The van der Waals surface area contributed by atoms with Crippen molar-refractivity contribution in [3.63, 3.8) is 0 Å². The van der Waals surface area contributed by atoms with Crippen molar-refractivity contribution in [2.75, 3.05) is 5.01 Å². The minimum atomic E-state index is -1.10. The lowest BCUT2D eigenvalue weighted by atomic mass is 10.1. The molecule has 8 heteroatoms. The molecule has 1 aromatic carbocycles. The Morgan fingerprint density at radius 2 is 1.91 bits per heavy atom. The Labute approximate surface area is 148 Å². The number of hydrogen-bond acceptors (Lipinski definition) is 4. The van der Waals surface area contributed by atoms with Crippen LogP contribution < -0.4 is 10.4 Å². The Morgan fingerprint density at radius 3 is 2.57 bits per heavy atom. The van der Waals surface area contributed by atoms with Gasteiger partial charge in [0.15, 0.2) is 0 Å². The smallest absolute Gasteiger partial charge is 0.337 e. The van der Waals surface area contributed by atoms with Gasteiger partial charge in [-0.15, -0.1) is 11.3 Å². The van der Waals surface area contributed by atoms with Gasteiger partial charge in [0.05, 0.1) is 11.3 Å². The highest BCUT2D eigenvalue weighted by atomic mass is 127. The van der Waals surface area contributed by atoms with Gasteiger partial charge >= 0.3 is 5.97 Å². The van der Waals surface area contributed by atoms with Crippen LogP contribution in [0, 0.1) is 3.57 Å².